The van der Waals surface area contributed by atoms with Gasteiger partial charge in [0.15, 0.2) is 0 Å². The summed E-state index contributed by atoms with van der Waals surface area (Å²) < 4.78 is 12.3. The average Bonchev–Trinajstić information content (AvgIpc) is 3.10. The molecule has 1 N–H and O–H groups in total. The molecule has 3 rings (SSSR count). The number of carbonyl (C=O) groups is 1. The first-order valence-electron chi connectivity index (χ1n) is 8.05. The molecule has 0 saturated heterocycles. The van der Waals surface area contributed by atoms with Crippen LogP contribution in [0.5, 0.6) is 5.75 Å². The maximum Gasteiger partial charge on any atom is 0.255 e. The van der Waals surface area contributed by atoms with E-state index in [0.29, 0.717) is 33.8 Å². The molecule has 0 saturated carbocycles. The first kappa shape index (κ1) is 19.2. The molecule has 140 valence electrons. The van der Waals surface area contributed by atoms with Gasteiger partial charge in [0.1, 0.15) is 24.1 Å². The van der Waals surface area contributed by atoms with E-state index in [2.05, 4.69) is 10.4 Å². The van der Waals surface area contributed by atoms with Crippen LogP contribution in [0.1, 0.15) is 15.9 Å². The zero-order valence-corrected chi connectivity index (χ0v) is 16.0. The monoisotopic (exact) mass is 405 g/mol. The summed E-state index contributed by atoms with van der Waals surface area (Å²) in [6.07, 6.45) is 3.25. The summed E-state index contributed by atoms with van der Waals surface area (Å²) in [7, 11) is 1.57. The summed E-state index contributed by atoms with van der Waals surface area (Å²) in [5.41, 5.74) is 1.92. The minimum absolute atomic E-state index is 0.241. The van der Waals surface area contributed by atoms with Gasteiger partial charge < -0.3 is 14.8 Å². The zero-order valence-electron chi connectivity index (χ0n) is 14.5. The molecule has 6 nitrogen and oxygen atoms in total. The summed E-state index contributed by atoms with van der Waals surface area (Å²) in [4.78, 5) is 12.4. The van der Waals surface area contributed by atoms with Crippen molar-refractivity contribution in [3.05, 3.63) is 76.0 Å². The highest BCUT2D eigenvalue weighted by molar-refractivity contribution is 6.42. The summed E-state index contributed by atoms with van der Waals surface area (Å²) in [6, 6.07) is 12.3. The Bertz CT molecular complexity index is 943. The van der Waals surface area contributed by atoms with Crippen LogP contribution in [0.4, 0.5) is 5.69 Å². The maximum absolute atomic E-state index is 12.4. The summed E-state index contributed by atoms with van der Waals surface area (Å²) >= 11 is 12.1. The SMILES string of the molecule is COCn1cc(NC(=O)c2cccc(COc3cccc(Cl)c3Cl)c2)cn1. The van der Waals surface area contributed by atoms with Crippen LogP contribution in [-0.4, -0.2) is 22.8 Å². The average molecular weight is 406 g/mol. The van der Waals surface area contributed by atoms with Crippen molar-refractivity contribution in [2.75, 3.05) is 12.4 Å². The number of nitrogens with one attached hydrogen (secondary N) is 1. The van der Waals surface area contributed by atoms with Crippen molar-refractivity contribution in [1.29, 1.82) is 0 Å². The summed E-state index contributed by atoms with van der Waals surface area (Å²) in [6.45, 7) is 0.571. The molecule has 27 heavy (non-hydrogen) atoms. The Balaban J connectivity index is 1.65. The second-order valence-corrected chi connectivity index (χ2v) is 6.47. The zero-order chi connectivity index (χ0) is 19.2. The van der Waals surface area contributed by atoms with E-state index in [4.69, 9.17) is 32.7 Å². The first-order valence-corrected chi connectivity index (χ1v) is 8.81. The van der Waals surface area contributed by atoms with Gasteiger partial charge in [-0.1, -0.05) is 41.4 Å². The van der Waals surface area contributed by atoms with E-state index in [-0.39, 0.29) is 12.5 Å². The van der Waals surface area contributed by atoms with Gasteiger partial charge in [-0.15, -0.1) is 0 Å². The van der Waals surface area contributed by atoms with Gasteiger partial charge in [0.25, 0.3) is 5.91 Å². The first-order chi connectivity index (χ1) is 13.1. The normalized spacial score (nSPS) is 10.6. The van der Waals surface area contributed by atoms with E-state index in [1.54, 1.807) is 60.6 Å². The van der Waals surface area contributed by atoms with Crippen LogP contribution in [0.25, 0.3) is 0 Å². The third-order valence-electron chi connectivity index (χ3n) is 3.65. The Labute approximate surface area is 166 Å². The molecule has 0 aliphatic rings. The van der Waals surface area contributed by atoms with Gasteiger partial charge in [0.2, 0.25) is 0 Å². The van der Waals surface area contributed by atoms with Crippen molar-refractivity contribution in [2.45, 2.75) is 13.3 Å². The molecule has 0 aliphatic carbocycles. The number of hydrogen-bond acceptors (Lipinski definition) is 4. The van der Waals surface area contributed by atoms with Crippen LogP contribution in [-0.2, 0) is 18.1 Å². The van der Waals surface area contributed by atoms with E-state index < -0.39 is 0 Å². The molecule has 0 unspecified atom stereocenters. The number of halogens is 2. The molecule has 0 radical (unpaired) electrons. The highest BCUT2D eigenvalue weighted by Gasteiger charge is 2.10. The van der Waals surface area contributed by atoms with Gasteiger partial charge in [0, 0.05) is 12.7 Å². The highest BCUT2D eigenvalue weighted by Crippen LogP contribution is 2.31. The number of anilines is 1. The lowest BCUT2D eigenvalue weighted by atomic mass is 10.1. The van der Waals surface area contributed by atoms with Crippen molar-refractivity contribution >= 4 is 34.8 Å². The molecule has 1 heterocycles. The van der Waals surface area contributed by atoms with Crippen molar-refractivity contribution in [2.24, 2.45) is 0 Å². The number of benzene rings is 2. The Morgan fingerprint density at radius 1 is 1.22 bits per heavy atom. The fourth-order valence-corrected chi connectivity index (χ4v) is 2.74. The lowest BCUT2D eigenvalue weighted by Gasteiger charge is -2.10. The number of carbonyl (C=O) groups excluding carboxylic acids is 1. The fraction of sp³-hybridized carbons (Fsp3) is 0.158. The number of hydrogen-bond donors (Lipinski definition) is 1. The molecule has 3 aromatic rings. The molecular weight excluding hydrogens is 389 g/mol. The third-order valence-corrected chi connectivity index (χ3v) is 4.45. The summed E-state index contributed by atoms with van der Waals surface area (Å²) in [5, 5.41) is 7.67. The van der Waals surface area contributed by atoms with Crippen molar-refractivity contribution in [1.82, 2.24) is 9.78 Å². The minimum Gasteiger partial charge on any atom is -0.487 e. The van der Waals surface area contributed by atoms with E-state index in [1.165, 1.54) is 0 Å². The van der Waals surface area contributed by atoms with Gasteiger partial charge in [-0.25, -0.2) is 4.68 Å². The topological polar surface area (TPSA) is 65.4 Å². The number of ether oxygens (including phenoxy) is 2. The number of rotatable bonds is 7. The van der Waals surface area contributed by atoms with E-state index in [9.17, 15) is 4.79 Å². The lowest BCUT2D eigenvalue weighted by Crippen LogP contribution is -2.12. The molecule has 0 atom stereocenters. The molecule has 0 spiro atoms. The Kier molecular flexibility index (Phi) is 6.34. The largest absolute Gasteiger partial charge is 0.487 e. The molecule has 0 aliphatic heterocycles. The van der Waals surface area contributed by atoms with Crippen molar-refractivity contribution in [3.63, 3.8) is 0 Å². The van der Waals surface area contributed by atoms with Crippen LogP contribution >= 0.6 is 23.2 Å². The van der Waals surface area contributed by atoms with E-state index in [1.807, 2.05) is 6.07 Å². The van der Waals surface area contributed by atoms with Gasteiger partial charge in [-0.05, 0) is 29.8 Å². The Morgan fingerprint density at radius 3 is 2.85 bits per heavy atom. The second-order valence-electron chi connectivity index (χ2n) is 5.68. The van der Waals surface area contributed by atoms with Crippen LogP contribution in [0.15, 0.2) is 54.9 Å². The molecule has 0 bridgehead atoms. The predicted octanol–water partition coefficient (Wildman–Crippen LogP) is 4.63. The van der Waals surface area contributed by atoms with E-state index in [0.717, 1.165) is 5.56 Å². The minimum atomic E-state index is -0.241. The molecule has 1 aromatic heterocycles. The number of aromatic nitrogens is 2. The smallest absolute Gasteiger partial charge is 0.255 e. The van der Waals surface area contributed by atoms with E-state index >= 15 is 0 Å². The third kappa shape index (κ3) is 5.01. The standard InChI is InChI=1S/C19H17Cl2N3O3/c1-26-12-24-10-15(9-22-24)23-19(25)14-5-2-4-13(8-14)11-27-17-7-3-6-16(20)18(17)21/h2-10H,11-12H2,1H3,(H,23,25). The van der Waals surface area contributed by atoms with Crippen LogP contribution < -0.4 is 10.1 Å². The van der Waals surface area contributed by atoms with Gasteiger partial charge in [-0.3, -0.25) is 4.79 Å². The highest BCUT2D eigenvalue weighted by atomic mass is 35.5. The summed E-state index contributed by atoms with van der Waals surface area (Å²) in [5.74, 6) is 0.249. The lowest BCUT2D eigenvalue weighted by molar-refractivity contribution is 0.102. The number of methoxy groups -OCH3 is 1. The van der Waals surface area contributed by atoms with Crippen LogP contribution in [0, 0.1) is 0 Å². The van der Waals surface area contributed by atoms with Gasteiger partial charge >= 0.3 is 0 Å². The molecule has 0 fully saturated rings. The molecular formula is C19H17Cl2N3O3. The Morgan fingerprint density at radius 2 is 2.04 bits per heavy atom. The molecule has 2 aromatic carbocycles. The quantitative estimate of drug-likeness (QED) is 0.622. The van der Waals surface area contributed by atoms with Crippen LogP contribution in [0.3, 0.4) is 0 Å². The van der Waals surface area contributed by atoms with Gasteiger partial charge in [-0.2, -0.15) is 5.10 Å². The second kappa shape index (κ2) is 8.90. The predicted molar refractivity (Wildman–Crippen MR) is 104 cm³/mol. The van der Waals surface area contributed by atoms with Crippen molar-refractivity contribution in [3.8, 4) is 5.75 Å². The number of amides is 1. The molecule has 1 amide bonds. The van der Waals surface area contributed by atoms with Crippen LogP contribution in [0.2, 0.25) is 10.0 Å². The Hall–Kier alpha value is -2.54. The van der Waals surface area contributed by atoms with Gasteiger partial charge in [0.05, 0.1) is 23.1 Å². The maximum atomic E-state index is 12.4. The molecule has 8 heteroatoms. The van der Waals surface area contributed by atoms with Crippen molar-refractivity contribution < 1.29 is 14.3 Å². The number of nitrogens with zero attached hydrogens (tertiary/aromatic N) is 2. The fourth-order valence-electron chi connectivity index (χ4n) is 2.39.